The quantitative estimate of drug-likeness (QED) is 0.332. The number of thiazole rings is 1. The maximum absolute atomic E-state index is 13.1. The molecule has 0 bridgehead atoms. The van der Waals surface area contributed by atoms with Crippen LogP contribution in [-0.4, -0.2) is 27.0 Å². The molecule has 30 heavy (non-hydrogen) atoms. The van der Waals surface area contributed by atoms with Gasteiger partial charge in [-0.05, 0) is 48.9 Å². The van der Waals surface area contributed by atoms with Crippen molar-refractivity contribution in [3.8, 4) is 0 Å². The van der Waals surface area contributed by atoms with Crippen LogP contribution in [0, 0.1) is 13.8 Å². The van der Waals surface area contributed by atoms with Crippen molar-refractivity contribution >= 4 is 62.4 Å². The number of amides is 1. The molecule has 0 saturated carbocycles. The van der Waals surface area contributed by atoms with Crippen molar-refractivity contribution in [2.75, 3.05) is 11.4 Å². The normalized spacial score (nSPS) is 11.1. The zero-order chi connectivity index (χ0) is 20.2. The molecule has 0 N–H and O–H groups in total. The highest BCUT2D eigenvalue weighted by Gasteiger charge is 2.19. The zero-order valence-corrected chi connectivity index (χ0v) is 19.3. The molecular weight excluding hydrogens is 436 g/mol. The molecule has 4 rings (SSSR count). The molecular formula is C22H23ClN4OS2. The van der Waals surface area contributed by atoms with Crippen LogP contribution in [0.3, 0.4) is 0 Å². The van der Waals surface area contributed by atoms with Gasteiger partial charge < -0.3 is 4.57 Å². The number of aromatic nitrogens is 3. The van der Waals surface area contributed by atoms with Crippen molar-refractivity contribution in [3.05, 3.63) is 70.4 Å². The number of anilines is 1. The predicted molar refractivity (Wildman–Crippen MR) is 129 cm³/mol. The summed E-state index contributed by atoms with van der Waals surface area (Å²) in [5.41, 5.74) is 3.31. The number of nitrogens with zero attached hydrogens (tertiary/aromatic N) is 4. The molecule has 0 radical (unpaired) electrons. The highest BCUT2D eigenvalue weighted by Crippen LogP contribution is 2.33. The van der Waals surface area contributed by atoms with Gasteiger partial charge in [-0.15, -0.1) is 23.7 Å². The second kappa shape index (κ2) is 10.0. The molecule has 0 saturated heterocycles. The highest BCUT2D eigenvalue weighted by molar-refractivity contribution is 7.22. The summed E-state index contributed by atoms with van der Waals surface area (Å²) in [5.74, 6) is -0.0432. The molecule has 4 aromatic rings. The van der Waals surface area contributed by atoms with Gasteiger partial charge in [-0.1, -0.05) is 29.5 Å². The third kappa shape index (κ3) is 4.98. The van der Waals surface area contributed by atoms with E-state index in [1.54, 1.807) is 46.2 Å². The summed E-state index contributed by atoms with van der Waals surface area (Å²) in [6.07, 6.45) is 9.85. The van der Waals surface area contributed by atoms with E-state index in [0.29, 0.717) is 6.54 Å². The summed E-state index contributed by atoms with van der Waals surface area (Å²) in [6, 6.07) is 8.18. The van der Waals surface area contributed by atoms with Gasteiger partial charge in [-0.2, -0.15) is 0 Å². The Balaban J connectivity index is 0.00000256. The molecule has 0 aliphatic rings. The van der Waals surface area contributed by atoms with Crippen LogP contribution in [0.1, 0.15) is 22.4 Å². The monoisotopic (exact) mass is 458 g/mol. The van der Waals surface area contributed by atoms with E-state index >= 15 is 0 Å². The molecule has 3 heterocycles. The summed E-state index contributed by atoms with van der Waals surface area (Å²) < 4.78 is 3.17. The van der Waals surface area contributed by atoms with Crippen molar-refractivity contribution in [2.24, 2.45) is 0 Å². The van der Waals surface area contributed by atoms with Gasteiger partial charge in [-0.3, -0.25) is 9.69 Å². The summed E-state index contributed by atoms with van der Waals surface area (Å²) >= 11 is 3.20. The third-order valence-electron chi connectivity index (χ3n) is 4.72. The second-order valence-corrected chi connectivity index (χ2v) is 8.82. The average Bonchev–Trinajstić information content (AvgIpc) is 3.47. The highest BCUT2D eigenvalue weighted by atomic mass is 35.5. The minimum absolute atomic E-state index is 0. The summed E-state index contributed by atoms with van der Waals surface area (Å²) in [6.45, 7) is 5.56. The van der Waals surface area contributed by atoms with Crippen LogP contribution < -0.4 is 4.90 Å². The van der Waals surface area contributed by atoms with Crippen LogP contribution in [0.25, 0.3) is 16.3 Å². The van der Waals surface area contributed by atoms with Gasteiger partial charge in [0.15, 0.2) is 5.13 Å². The largest absolute Gasteiger partial charge is 0.337 e. The number of thiophene rings is 1. The lowest BCUT2D eigenvalue weighted by atomic mass is 10.1. The van der Waals surface area contributed by atoms with Crippen LogP contribution in [0.4, 0.5) is 5.13 Å². The van der Waals surface area contributed by atoms with Gasteiger partial charge in [0.2, 0.25) is 0 Å². The third-order valence-corrected chi connectivity index (χ3v) is 6.77. The Morgan fingerprint density at radius 1 is 1.23 bits per heavy atom. The predicted octanol–water partition coefficient (Wildman–Crippen LogP) is 5.73. The number of halogens is 1. The Hall–Kier alpha value is -2.48. The molecule has 0 spiro atoms. The molecule has 5 nitrogen and oxygen atoms in total. The first-order valence-corrected chi connectivity index (χ1v) is 11.2. The van der Waals surface area contributed by atoms with Gasteiger partial charge in [0, 0.05) is 36.4 Å². The fourth-order valence-corrected chi connectivity index (χ4v) is 4.88. The van der Waals surface area contributed by atoms with Crippen LogP contribution in [-0.2, 0) is 11.3 Å². The van der Waals surface area contributed by atoms with Crippen molar-refractivity contribution < 1.29 is 4.79 Å². The van der Waals surface area contributed by atoms with E-state index in [9.17, 15) is 4.79 Å². The second-order valence-electron chi connectivity index (χ2n) is 6.87. The van der Waals surface area contributed by atoms with E-state index in [1.807, 2.05) is 34.4 Å². The summed E-state index contributed by atoms with van der Waals surface area (Å²) in [7, 11) is 0. The van der Waals surface area contributed by atoms with Gasteiger partial charge in [0.25, 0.3) is 5.91 Å². The lowest BCUT2D eigenvalue weighted by Crippen LogP contribution is -2.30. The fourth-order valence-electron chi connectivity index (χ4n) is 3.12. The Labute approximate surface area is 190 Å². The van der Waals surface area contributed by atoms with E-state index < -0.39 is 0 Å². The van der Waals surface area contributed by atoms with Crippen molar-refractivity contribution in [3.63, 3.8) is 0 Å². The van der Waals surface area contributed by atoms with Gasteiger partial charge in [0.1, 0.15) is 0 Å². The van der Waals surface area contributed by atoms with Gasteiger partial charge in [-0.25, -0.2) is 9.97 Å². The minimum atomic E-state index is -0.0432. The molecule has 0 fully saturated rings. The summed E-state index contributed by atoms with van der Waals surface area (Å²) in [5, 5.41) is 2.76. The van der Waals surface area contributed by atoms with Gasteiger partial charge in [0.05, 0.1) is 16.5 Å². The maximum Gasteiger partial charge on any atom is 0.252 e. The smallest absolute Gasteiger partial charge is 0.252 e. The Morgan fingerprint density at radius 2 is 2.07 bits per heavy atom. The molecule has 0 aliphatic carbocycles. The first-order chi connectivity index (χ1) is 14.1. The number of hydrogen-bond donors (Lipinski definition) is 0. The lowest BCUT2D eigenvalue weighted by molar-refractivity contribution is -0.114. The van der Waals surface area contributed by atoms with Gasteiger partial charge >= 0.3 is 0 Å². The molecule has 0 atom stereocenters. The number of fused-ring (bicyclic) bond motifs is 1. The van der Waals surface area contributed by atoms with Crippen LogP contribution in [0.2, 0.25) is 0 Å². The minimum Gasteiger partial charge on any atom is -0.337 e. The van der Waals surface area contributed by atoms with E-state index in [1.165, 1.54) is 5.56 Å². The van der Waals surface area contributed by atoms with E-state index in [-0.39, 0.29) is 18.3 Å². The fraction of sp³-hybridized carbons (Fsp3) is 0.227. The Morgan fingerprint density at radius 3 is 2.77 bits per heavy atom. The van der Waals surface area contributed by atoms with Crippen LogP contribution >= 0.6 is 35.1 Å². The maximum atomic E-state index is 13.1. The Kier molecular flexibility index (Phi) is 7.42. The number of aryl methyl sites for hydroxylation is 3. The number of imidazole rings is 1. The molecule has 1 amide bonds. The standard InChI is InChI=1S/C22H22N4OS2.ClH/c1-16-6-7-17(2)21-20(16)24-22(29-21)26(12-4-11-25-13-10-23-15-25)19(27)9-8-18-5-3-14-28-18;/h3,5-10,13-15H,4,11-12H2,1-2H3;1H/b9-8+;. The SMILES string of the molecule is Cc1ccc(C)c2sc(N(CCCn3ccnc3)C(=O)/C=C/c3cccs3)nc12.Cl. The molecule has 156 valence electrons. The molecule has 1 aromatic carbocycles. The van der Waals surface area contributed by atoms with E-state index in [0.717, 1.165) is 38.8 Å². The molecule has 8 heteroatoms. The van der Waals surface area contributed by atoms with Crippen molar-refractivity contribution in [1.82, 2.24) is 14.5 Å². The number of benzene rings is 1. The van der Waals surface area contributed by atoms with Crippen LogP contribution in [0.15, 0.2) is 54.4 Å². The number of carbonyl (C=O) groups is 1. The number of carbonyl (C=O) groups excluding carboxylic acids is 1. The number of hydrogen-bond acceptors (Lipinski definition) is 5. The first-order valence-electron chi connectivity index (χ1n) is 9.47. The summed E-state index contributed by atoms with van der Waals surface area (Å²) in [4.78, 5) is 24.8. The topological polar surface area (TPSA) is 51.0 Å². The molecule has 0 unspecified atom stereocenters. The van der Waals surface area contributed by atoms with Crippen molar-refractivity contribution in [2.45, 2.75) is 26.8 Å². The first kappa shape index (κ1) is 22.2. The number of rotatable bonds is 7. The Bertz CT molecular complexity index is 1090. The van der Waals surface area contributed by atoms with E-state index in [2.05, 4.69) is 31.0 Å². The average molecular weight is 459 g/mol. The molecule has 0 aliphatic heterocycles. The van der Waals surface area contributed by atoms with Crippen LogP contribution in [0.5, 0.6) is 0 Å². The lowest BCUT2D eigenvalue weighted by Gasteiger charge is -2.18. The van der Waals surface area contributed by atoms with E-state index in [4.69, 9.17) is 4.98 Å². The zero-order valence-electron chi connectivity index (χ0n) is 16.8. The molecule has 3 aromatic heterocycles. The van der Waals surface area contributed by atoms with Crippen molar-refractivity contribution in [1.29, 1.82) is 0 Å².